The van der Waals surface area contributed by atoms with Gasteiger partial charge in [0.1, 0.15) is 13.1 Å². The molecule has 1 fully saturated rings. The molecule has 1 saturated carbocycles. The van der Waals surface area contributed by atoms with Crippen molar-refractivity contribution in [1.29, 1.82) is 0 Å². The van der Waals surface area contributed by atoms with Crippen molar-refractivity contribution in [2.75, 3.05) is 19.7 Å². The van der Waals surface area contributed by atoms with Gasteiger partial charge in [0.2, 0.25) is 0 Å². The van der Waals surface area contributed by atoms with Crippen LogP contribution in [0.4, 0.5) is 13.2 Å². The van der Waals surface area contributed by atoms with Crippen molar-refractivity contribution in [1.82, 2.24) is 10.2 Å². The van der Waals surface area contributed by atoms with E-state index in [4.69, 9.17) is 27.9 Å². The maximum absolute atomic E-state index is 12.8. The van der Waals surface area contributed by atoms with Crippen LogP contribution in [0.5, 0.6) is 0 Å². The van der Waals surface area contributed by atoms with Gasteiger partial charge < -0.3 is 15.0 Å². The van der Waals surface area contributed by atoms with E-state index >= 15 is 0 Å². The summed E-state index contributed by atoms with van der Waals surface area (Å²) in [6, 6.07) is 3.51. The second kappa shape index (κ2) is 9.67. The molecule has 1 aromatic rings. The fraction of sp³-hybridized carbons (Fsp3) is 0.500. The second-order valence-electron chi connectivity index (χ2n) is 6.69. The number of carbonyl (C=O) groups excluding carboxylic acids is 3. The van der Waals surface area contributed by atoms with E-state index in [0.717, 1.165) is 12.8 Å². The monoisotopic (exact) mass is 454 g/mol. The van der Waals surface area contributed by atoms with Crippen LogP contribution in [0.25, 0.3) is 0 Å². The lowest BCUT2D eigenvalue weighted by Gasteiger charge is -2.30. The van der Waals surface area contributed by atoms with Crippen LogP contribution < -0.4 is 5.32 Å². The number of nitrogens with zero attached hydrogens (tertiary/aromatic N) is 1. The normalized spacial score (nSPS) is 14.8. The van der Waals surface area contributed by atoms with Gasteiger partial charge in [0, 0.05) is 11.6 Å². The topological polar surface area (TPSA) is 75.7 Å². The molecule has 0 radical (unpaired) electrons. The SMILES string of the molecule is CC(C1CC1)N(CC(F)(F)F)C(=O)COC(=O)CNC(=O)c1ccc(Cl)c(Cl)c1. The minimum Gasteiger partial charge on any atom is -0.454 e. The first kappa shape index (κ1) is 23.3. The highest BCUT2D eigenvalue weighted by Gasteiger charge is 2.40. The number of benzene rings is 1. The minimum atomic E-state index is -4.56. The molecular weight excluding hydrogens is 436 g/mol. The van der Waals surface area contributed by atoms with Crippen LogP contribution in [0.15, 0.2) is 18.2 Å². The second-order valence-corrected chi connectivity index (χ2v) is 7.50. The quantitative estimate of drug-likeness (QED) is 0.610. The Morgan fingerprint density at radius 3 is 2.45 bits per heavy atom. The van der Waals surface area contributed by atoms with Crippen molar-refractivity contribution in [3.05, 3.63) is 33.8 Å². The molecule has 11 heteroatoms. The Hall–Kier alpha value is -2.00. The van der Waals surface area contributed by atoms with Gasteiger partial charge in [0.05, 0.1) is 10.0 Å². The van der Waals surface area contributed by atoms with Crippen LogP contribution in [0.1, 0.15) is 30.1 Å². The van der Waals surface area contributed by atoms with E-state index in [9.17, 15) is 27.6 Å². The molecule has 1 N–H and O–H groups in total. The van der Waals surface area contributed by atoms with Crippen LogP contribution in [0, 0.1) is 5.92 Å². The van der Waals surface area contributed by atoms with Gasteiger partial charge in [0.15, 0.2) is 6.61 Å². The molecule has 0 aliphatic heterocycles. The van der Waals surface area contributed by atoms with Crippen molar-refractivity contribution >= 4 is 41.0 Å². The first-order valence-electron chi connectivity index (χ1n) is 8.73. The smallest absolute Gasteiger partial charge is 0.406 e. The van der Waals surface area contributed by atoms with Crippen molar-refractivity contribution in [3.8, 4) is 0 Å². The molecule has 1 aromatic carbocycles. The number of ether oxygens (including phenoxy) is 1. The minimum absolute atomic E-state index is 0.0162. The van der Waals surface area contributed by atoms with E-state index < -0.39 is 49.7 Å². The third-order valence-electron chi connectivity index (χ3n) is 4.40. The van der Waals surface area contributed by atoms with Gasteiger partial charge in [-0.3, -0.25) is 14.4 Å². The predicted octanol–water partition coefficient (Wildman–Crippen LogP) is 3.46. The maximum atomic E-state index is 12.8. The molecule has 1 aliphatic rings. The summed E-state index contributed by atoms with van der Waals surface area (Å²) in [5.74, 6) is -2.51. The first-order chi connectivity index (χ1) is 13.5. The number of nitrogens with one attached hydrogen (secondary N) is 1. The number of halogens is 5. The zero-order valence-corrected chi connectivity index (χ0v) is 16.9. The fourth-order valence-electron chi connectivity index (χ4n) is 2.65. The summed E-state index contributed by atoms with van der Waals surface area (Å²) in [7, 11) is 0. The Morgan fingerprint density at radius 2 is 1.90 bits per heavy atom. The highest BCUT2D eigenvalue weighted by molar-refractivity contribution is 6.42. The van der Waals surface area contributed by atoms with Crippen molar-refractivity contribution in [2.24, 2.45) is 5.92 Å². The van der Waals surface area contributed by atoms with E-state index in [1.165, 1.54) is 18.2 Å². The summed E-state index contributed by atoms with van der Waals surface area (Å²) >= 11 is 11.6. The lowest BCUT2D eigenvalue weighted by Crippen LogP contribution is -2.47. The molecule has 0 heterocycles. The Balaban J connectivity index is 1.83. The van der Waals surface area contributed by atoms with E-state index in [1.807, 2.05) is 0 Å². The molecule has 0 saturated heterocycles. The largest absolute Gasteiger partial charge is 0.454 e. The lowest BCUT2D eigenvalue weighted by atomic mass is 10.2. The predicted molar refractivity (Wildman–Crippen MR) is 99.7 cm³/mol. The van der Waals surface area contributed by atoms with Crippen LogP contribution in [-0.4, -0.2) is 54.6 Å². The van der Waals surface area contributed by atoms with Crippen LogP contribution in [-0.2, 0) is 14.3 Å². The molecule has 0 bridgehead atoms. The van der Waals surface area contributed by atoms with Gasteiger partial charge in [-0.15, -0.1) is 0 Å². The molecule has 160 valence electrons. The molecule has 2 rings (SSSR count). The number of esters is 1. The molecule has 29 heavy (non-hydrogen) atoms. The molecule has 1 atom stereocenters. The lowest BCUT2D eigenvalue weighted by molar-refractivity contribution is -0.170. The van der Waals surface area contributed by atoms with Crippen molar-refractivity contribution in [3.63, 3.8) is 0 Å². The standard InChI is InChI=1S/C18H19Cl2F3N2O4/c1-10(11-2-3-11)25(9-18(21,22)23)15(26)8-29-16(27)7-24-17(28)12-4-5-13(19)14(20)6-12/h4-6,10-11H,2-3,7-9H2,1H3,(H,24,28). The van der Waals surface area contributed by atoms with Crippen LogP contribution in [0.2, 0.25) is 10.0 Å². The Morgan fingerprint density at radius 1 is 1.24 bits per heavy atom. The number of hydrogen-bond acceptors (Lipinski definition) is 4. The number of hydrogen-bond donors (Lipinski definition) is 1. The molecule has 1 aliphatic carbocycles. The molecule has 2 amide bonds. The van der Waals surface area contributed by atoms with Crippen LogP contribution in [0.3, 0.4) is 0 Å². The third kappa shape index (κ3) is 7.40. The number of rotatable bonds is 8. The van der Waals surface area contributed by atoms with Crippen LogP contribution >= 0.6 is 23.2 Å². The van der Waals surface area contributed by atoms with E-state index in [-0.39, 0.29) is 21.5 Å². The van der Waals surface area contributed by atoms with Gasteiger partial charge in [-0.2, -0.15) is 13.2 Å². The molecular formula is C18H19Cl2F3N2O4. The van der Waals surface area contributed by atoms with E-state index in [1.54, 1.807) is 6.92 Å². The molecule has 1 unspecified atom stereocenters. The van der Waals surface area contributed by atoms with Crippen molar-refractivity contribution in [2.45, 2.75) is 32.0 Å². The zero-order valence-electron chi connectivity index (χ0n) is 15.4. The molecule has 0 aromatic heterocycles. The van der Waals surface area contributed by atoms with Gasteiger partial charge >= 0.3 is 12.1 Å². The zero-order chi connectivity index (χ0) is 21.8. The Kier molecular flexibility index (Phi) is 7.76. The van der Waals surface area contributed by atoms with Gasteiger partial charge in [-0.25, -0.2) is 0 Å². The van der Waals surface area contributed by atoms with Gasteiger partial charge in [0.25, 0.3) is 11.8 Å². The molecule has 0 spiro atoms. The average Bonchev–Trinajstić information content (AvgIpc) is 3.48. The van der Waals surface area contributed by atoms with Gasteiger partial charge in [-0.1, -0.05) is 23.2 Å². The summed E-state index contributed by atoms with van der Waals surface area (Å²) in [5, 5.41) is 2.68. The Labute approximate surface area is 175 Å². The van der Waals surface area contributed by atoms with E-state index in [2.05, 4.69) is 5.32 Å². The van der Waals surface area contributed by atoms with Gasteiger partial charge in [-0.05, 0) is 43.9 Å². The number of alkyl halides is 3. The average molecular weight is 455 g/mol. The highest BCUT2D eigenvalue weighted by Crippen LogP contribution is 2.36. The number of amides is 2. The third-order valence-corrected chi connectivity index (χ3v) is 5.14. The summed E-state index contributed by atoms with van der Waals surface area (Å²) in [5.41, 5.74) is 0.151. The summed E-state index contributed by atoms with van der Waals surface area (Å²) in [6.07, 6.45) is -3.05. The van der Waals surface area contributed by atoms with E-state index in [0.29, 0.717) is 4.90 Å². The maximum Gasteiger partial charge on any atom is 0.406 e. The first-order valence-corrected chi connectivity index (χ1v) is 9.48. The number of carbonyl (C=O) groups is 3. The summed E-state index contributed by atoms with van der Waals surface area (Å²) < 4.78 is 43.0. The van der Waals surface area contributed by atoms with Crippen molar-refractivity contribution < 1.29 is 32.3 Å². The summed E-state index contributed by atoms with van der Waals surface area (Å²) in [4.78, 5) is 36.6. The molecule has 6 nitrogen and oxygen atoms in total. The summed E-state index contributed by atoms with van der Waals surface area (Å²) in [6.45, 7) is -1.27. The highest BCUT2D eigenvalue weighted by atomic mass is 35.5. The fourth-order valence-corrected chi connectivity index (χ4v) is 2.95. The Bertz CT molecular complexity index is 785.